The van der Waals surface area contributed by atoms with Gasteiger partial charge in [0.1, 0.15) is 0 Å². The summed E-state index contributed by atoms with van der Waals surface area (Å²) < 4.78 is 0. The Morgan fingerprint density at radius 3 is 2.45 bits per heavy atom. The van der Waals surface area contributed by atoms with Gasteiger partial charge < -0.3 is 11.1 Å². The zero-order chi connectivity index (χ0) is 14.4. The zero-order valence-electron chi connectivity index (χ0n) is 11.6. The van der Waals surface area contributed by atoms with Crippen LogP contribution in [0.4, 0.5) is 0 Å². The Bertz CT molecular complexity index is 561. The highest BCUT2D eigenvalue weighted by molar-refractivity contribution is 5.93. The molecule has 1 aromatic heterocycles. The fourth-order valence-electron chi connectivity index (χ4n) is 1.88. The van der Waals surface area contributed by atoms with Crippen LogP contribution in [0.2, 0.25) is 0 Å². The minimum Gasteiger partial charge on any atom is -0.348 e. The number of rotatable bonds is 5. The van der Waals surface area contributed by atoms with Crippen LogP contribution in [-0.4, -0.2) is 17.4 Å². The second-order valence-electron chi connectivity index (χ2n) is 4.73. The standard InChI is InChI=1S/C16H19N3O/c1-12-2-7-15(11-18-12)16(20)19-10-14-5-3-13(4-6-14)8-9-17/h2-7,11H,8-10,17H2,1H3,(H,19,20). The van der Waals surface area contributed by atoms with E-state index in [-0.39, 0.29) is 5.91 Å². The molecule has 0 radical (unpaired) electrons. The number of amides is 1. The highest BCUT2D eigenvalue weighted by Gasteiger charge is 2.05. The molecule has 0 fully saturated rings. The third-order valence-corrected chi connectivity index (χ3v) is 3.08. The van der Waals surface area contributed by atoms with E-state index >= 15 is 0 Å². The maximum atomic E-state index is 11.9. The van der Waals surface area contributed by atoms with Crippen LogP contribution < -0.4 is 11.1 Å². The van der Waals surface area contributed by atoms with Crippen molar-refractivity contribution in [1.82, 2.24) is 10.3 Å². The highest BCUT2D eigenvalue weighted by Crippen LogP contribution is 2.05. The van der Waals surface area contributed by atoms with Gasteiger partial charge in [0.25, 0.3) is 5.91 Å². The summed E-state index contributed by atoms with van der Waals surface area (Å²) in [5.41, 5.74) is 9.27. The average Bonchev–Trinajstić information content (AvgIpc) is 2.47. The van der Waals surface area contributed by atoms with Gasteiger partial charge in [-0.3, -0.25) is 9.78 Å². The molecule has 2 aromatic rings. The van der Waals surface area contributed by atoms with Gasteiger partial charge in [-0.25, -0.2) is 0 Å². The number of carbonyl (C=O) groups excluding carboxylic acids is 1. The van der Waals surface area contributed by atoms with E-state index in [1.165, 1.54) is 5.56 Å². The molecular formula is C16H19N3O. The maximum Gasteiger partial charge on any atom is 0.253 e. The first kappa shape index (κ1) is 14.2. The predicted molar refractivity (Wildman–Crippen MR) is 79.3 cm³/mol. The number of nitrogens with two attached hydrogens (primary N) is 1. The fraction of sp³-hybridized carbons (Fsp3) is 0.250. The van der Waals surface area contributed by atoms with Gasteiger partial charge in [-0.1, -0.05) is 24.3 Å². The molecule has 2 rings (SSSR count). The van der Waals surface area contributed by atoms with Gasteiger partial charge >= 0.3 is 0 Å². The Morgan fingerprint density at radius 1 is 1.15 bits per heavy atom. The molecule has 1 heterocycles. The number of nitrogens with zero attached hydrogens (tertiary/aromatic N) is 1. The number of nitrogens with one attached hydrogen (secondary N) is 1. The molecule has 0 aliphatic heterocycles. The number of hydrogen-bond acceptors (Lipinski definition) is 3. The van der Waals surface area contributed by atoms with Crippen molar-refractivity contribution >= 4 is 5.91 Å². The summed E-state index contributed by atoms with van der Waals surface area (Å²) >= 11 is 0. The number of aryl methyl sites for hydroxylation is 1. The van der Waals surface area contributed by atoms with Crippen molar-refractivity contribution in [3.8, 4) is 0 Å². The van der Waals surface area contributed by atoms with Crippen LogP contribution in [0.3, 0.4) is 0 Å². The molecule has 4 nitrogen and oxygen atoms in total. The van der Waals surface area contributed by atoms with E-state index in [1.807, 2.05) is 37.3 Å². The highest BCUT2D eigenvalue weighted by atomic mass is 16.1. The Morgan fingerprint density at radius 2 is 1.85 bits per heavy atom. The summed E-state index contributed by atoms with van der Waals surface area (Å²) in [7, 11) is 0. The number of pyridine rings is 1. The SMILES string of the molecule is Cc1ccc(C(=O)NCc2ccc(CCN)cc2)cn1. The van der Waals surface area contributed by atoms with Gasteiger partial charge in [0.15, 0.2) is 0 Å². The first-order valence-electron chi connectivity index (χ1n) is 6.68. The molecule has 104 valence electrons. The maximum absolute atomic E-state index is 11.9. The molecule has 3 N–H and O–H groups in total. The van der Waals surface area contributed by atoms with E-state index < -0.39 is 0 Å². The summed E-state index contributed by atoms with van der Waals surface area (Å²) in [5, 5.41) is 2.88. The Labute approximate surface area is 119 Å². The second kappa shape index (κ2) is 6.82. The van der Waals surface area contributed by atoms with Gasteiger partial charge in [-0.2, -0.15) is 0 Å². The second-order valence-corrected chi connectivity index (χ2v) is 4.73. The third kappa shape index (κ3) is 3.90. The summed E-state index contributed by atoms with van der Waals surface area (Å²) in [6.45, 7) is 3.05. The monoisotopic (exact) mass is 269 g/mol. The lowest BCUT2D eigenvalue weighted by molar-refractivity contribution is 0.0950. The quantitative estimate of drug-likeness (QED) is 0.870. The Kier molecular flexibility index (Phi) is 4.85. The summed E-state index contributed by atoms with van der Waals surface area (Å²) in [6.07, 6.45) is 2.47. The number of aromatic nitrogens is 1. The number of benzene rings is 1. The molecule has 1 amide bonds. The normalized spacial score (nSPS) is 10.3. The largest absolute Gasteiger partial charge is 0.348 e. The van der Waals surface area contributed by atoms with E-state index in [0.29, 0.717) is 18.7 Å². The van der Waals surface area contributed by atoms with Gasteiger partial charge in [0.05, 0.1) is 5.56 Å². The van der Waals surface area contributed by atoms with E-state index in [0.717, 1.165) is 17.7 Å². The molecular weight excluding hydrogens is 250 g/mol. The van der Waals surface area contributed by atoms with Gasteiger partial charge in [-0.05, 0) is 43.1 Å². The summed E-state index contributed by atoms with van der Waals surface area (Å²) in [4.78, 5) is 16.0. The lowest BCUT2D eigenvalue weighted by atomic mass is 10.1. The van der Waals surface area contributed by atoms with Gasteiger partial charge in [0, 0.05) is 18.4 Å². The van der Waals surface area contributed by atoms with E-state index in [2.05, 4.69) is 10.3 Å². The first-order chi connectivity index (χ1) is 9.69. The van der Waals surface area contributed by atoms with Crippen molar-refractivity contribution in [1.29, 1.82) is 0 Å². The van der Waals surface area contributed by atoms with Crippen LogP contribution in [0.25, 0.3) is 0 Å². The Hall–Kier alpha value is -2.20. The van der Waals surface area contributed by atoms with Crippen molar-refractivity contribution in [3.63, 3.8) is 0 Å². The number of carbonyl (C=O) groups is 1. The van der Waals surface area contributed by atoms with Crippen LogP contribution in [-0.2, 0) is 13.0 Å². The minimum atomic E-state index is -0.108. The van der Waals surface area contributed by atoms with E-state index in [1.54, 1.807) is 12.3 Å². The minimum absolute atomic E-state index is 0.108. The van der Waals surface area contributed by atoms with Crippen LogP contribution in [0.1, 0.15) is 27.2 Å². The van der Waals surface area contributed by atoms with Gasteiger partial charge in [-0.15, -0.1) is 0 Å². The molecule has 1 aromatic carbocycles. The van der Waals surface area contributed by atoms with Gasteiger partial charge in [0.2, 0.25) is 0 Å². The van der Waals surface area contributed by atoms with Crippen LogP contribution in [0.15, 0.2) is 42.6 Å². The first-order valence-corrected chi connectivity index (χ1v) is 6.68. The lowest BCUT2D eigenvalue weighted by Gasteiger charge is -2.06. The predicted octanol–water partition coefficient (Wildman–Crippen LogP) is 1.82. The summed E-state index contributed by atoms with van der Waals surface area (Å²) in [5.74, 6) is -0.108. The summed E-state index contributed by atoms with van der Waals surface area (Å²) in [6, 6.07) is 11.7. The topological polar surface area (TPSA) is 68.0 Å². The van der Waals surface area contributed by atoms with Crippen molar-refractivity contribution < 1.29 is 4.79 Å². The zero-order valence-corrected chi connectivity index (χ0v) is 11.6. The molecule has 0 aliphatic carbocycles. The third-order valence-electron chi connectivity index (χ3n) is 3.08. The van der Waals surface area contributed by atoms with Crippen LogP contribution in [0.5, 0.6) is 0 Å². The van der Waals surface area contributed by atoms with Crippen molar-refractivity contribution in [3.05, 3.63) is 65.0 Å². The molecule has 20 heavy (non-hydrogen) atoms. The van der Waals surface area contributed by atoms with Crippen molar-refractivity contribution in [2.45, 2.75) is 19.9 Å². The molecule has 0 spiro atoms. The molecule has 0 aliphatic rings. The fourth-order valence-corrected chi connectivity index (χ4v) is 1.88. The Balaban J connectivity index is 1.91. The van der Waals surface area contributed by atoms with Crippen LogP contribution in [0, 0.1) is 6.92 Å². The molecule has 0 atom stereocenters. The van der Waals surface area contributed by atoms with Crippen molar-refractivity contribution in [2.24, 2.45) is 5.73 Å². The van der Waals surface area contributed by atoms with E-state index in [9.17, 15) is 4.79 Å². The van der Waals surface area contributed by atoms with Crippen molar-refractivity contribution in [2.75, 3.05) is 6.54 Å². The smallest absolute Gasteiger partial charge is 0.253 e. The molecule has 4 heteroatoms. The molecule has 0 saturated heterocycles. The number of hydrogen-bond donors (Lipinski definition) is 2. The lowest BCUT2D eigenvalue weighted by Crippen LogP contribution is -2.22. The van der Waals surface area contributed by atoms with E-state index in [4.69, 9.17) is 5.73 Å². The average molecular weight is 269 g/mol. The molecule has 0 unspecified atom stereocenters. The molecule has 0 saturated carbocycles. The molecule has 0 bridgehead atoms. The van der Waals surface area contributed by atoms with Crippen LogP contribution >= 0.6 is 0 Å².